The fourth-order valence-electron chi connectivity index (χ4n) is 6.56. The summed E-state index contributed by atoms with van der Waals surface area (Å²) in [4.78, 5) is 15.3. The molecule has 7 rings (SSSR count). The van der Waals surface area contributed by atoms with E-state index in [2.05, 4.69) is 14.4 Å². The molecule has 2 aromatic carbocycles. The molecular weight excluding hydrogens is 547 g/mol. The van der Waals surface area contributed by atoms with E-state index in [9.17, 15) is 31.1 Å². The lowest BCUT2D eigenvalue weighted by Gasteiger charge is -2.54. The Morgan fingerprint density at radius 3 is 2.51 bits per heavy atom. The molecule has 3 saturated carbocycles. The third-order valence-corrected chi connectivity index (χ3v) is 10.1. The molecule has 1 amide bonds. The molecule has 0 aromatic heterocycles. The summed E-state index contributed by atoms with van der Waals surface area (Å²) in [5.41, 5.74) is 0.204. The van der Waals surface area contributed by atoms with Crippen LogP contribution in [0, 0.1) is 23.6 Å². The molecule has 0 unspecified atom stereocenters. The molecule has 13 heteroatoms. The number of hydrogen-bond acceptors (Lipinski definition) is 7. The Balaban J connectivity index is 1.43. The van der Waals surface area contributed by atoms with Crippen LogP contribution in [0.2, 0.25) is 0 Å². The van der Waals surface area contributed by atoms with Crippen molar-refractivity contribution in [2.45, 2.75) is 43.2 Å². The van der Waals surface area contributed by atoms with Crippen LogP contribution in [-0.2, 0) is 31.4 Å². The summed E-state index contributed by atoms with van der Waals surface area (Å²) in [5.74, 6) is -1.74. The molecule has 206 valence electrons. The van der Waals surface area contributed by atoms with Crippen molar-refractivity contribution in [1.29, 1.82) is 0 Å². The van der Waals surface area contributed by atoms with Crippen LogP contribution in [0.3, 0.4) is 0 Å². The van der Waals surface area contributed by atoms with Crippen molar-refractivity contribution < 1.29 is 31.1 Å². The van der Waals surface area contributed by atoms with E-state index in [1.807, 2.05) is 0 Å². The van der Waals surface area contributed by atoms with E-state index in [0.717, 1.165) is 38.0 Å². The molecule has 0 saturated heterocycles. The van der Waals surface area contributed by atoms with Crippen LogP contribution in [0.4, 0.5) is 15.8 Å². The van der Waals surface area contributed by atoms with Crippen LogP contribution >= 0.6 is 0 Å². The number of amides is 1. The maximum Gasteiger partial charge on any atom is 0.286 e. The summed E-state index contributed by atoms with van der Waals surface area (Å²) in [6.45, 7) is -0.0240. The lowest BCUT2D eigenvalue weighted by molar-refractivity contribution is -0.140. The molecule has 2 bridgehead atoms. The van der Waals surface area contributed by atoms with Crippen molar-refractivity contribution in [1.82, 2.24) is 4.90 Å². The predicted octanol–water partition coefficient (Wildman–Crippen LogP) is 3.37. The van der Waals surface area contributed by atoms with Crippen LogP contribution in [0.15, 0.2) is 63.1 Å². The number of anilines is 2. The largest absolute Gasteiger partial charge is 0.511 e. The summed E-state index contributed by atoms with van der Waals surface area (Å²) in [6, 6.07) is 9.74. The number of sulfonamides is 2. The first-order valence-corrected chi connectivity index (χ1v) is 16.0. The molecule has 0 radical (unpaired) electrons. The Morgan fingerprint density at radius 2 is 1.82 bits per heavy atom. The predicted molar refractivity (Wildman–Crippen MR) is 142 cm³/mol. The molecule has 2 aromatic rings. The molecule has 5 aliphatic rings. The van der Waals surface area contributed by atoms with Gasteiger partial charge >= 0.3 is 0 Å². The smallest absolute Gasteiger partial charge is 0.286 e. The van der Waals surface area contributed by atoms with Gasteiger partial charge in [-0.1, -0.05) is 18.2 Å². The molecule has 3 fully saturated rings. The Bertz CT molecular complexity index is 1660. The number of carbonyl (C=O) groups is 1. The Labute approximate surface area is 225 Å². The number of aliphatic hydroxyl groups is 1. The number of fused-ring (bicyclic) bond motifs is 3. The van der Waals surface area contributed by atoms with Crippen molar-refractivity contribution in [3.05, 3.63) is 65.2 Å². The molecule has 2 heterocycles. The number of nitrogens with one attached hydrogen (secondary N) is 2. The van der Waals surface area contributed by atoms with E-state index >= 15 is 0 Å². The molecular formula is C26H27FN4O6S2. The lowest BCUT2D eigenvalue weighted by Crippen LogP contribution is -2.60. The minimum Gasteiger partial charge on any atom is -0.511 e. The van der Waals surface area contributed by atoms with Gasteiger partial charge in [0.1, 0.15) is 22.0 Å². The van der Waals surface area contributed by atoms with E-state index in [-0.39, 0.29) is 57.9 Å². The van der Waals surface area contributed by atoms with Crippen molar-refractivity contribution in [2.24, 2.45) is 22.2 Å². The van der Waals surface area contributed by atoms with Gasteiger partial charge in [-0.2, -0.15) is 8.42 Å². The van der Waals surface area contributed by atoms with Crippen LogP contribution in [0.5, 0.6) is 0 Å². The summed E-state index contributed by atoms with van der Waals surface area (Å²) in [6.07, 6.45) is 4.50. The zero-order valence-electron chi connectivity index (χ0n) is 21.0. The molecule has 39 heavy (non-hydrogen) atoms. The molecule has 0 spiro atoms. The lowest BCUT2D eigenvalue weighted by atomic mass is 9.59. The van der Waals surface area contributed by atoms with E-state index < -0.39 is 37.7 Å². The second kappa shape index (κ2) is 9.05. The fourth-order valence-corrected chi connectivity index (χ4v) is 8.26. The van der Waals surface area contributed by atoms with Gasteiger partial charge in [-0.3, -0.25) is 9.52 Å². The standard InChI is InChI=1S/C26H27FN4O6S2/c1-38(34,35)29-17-10-11-19-20(12-17)39(36,37)30-25(28-19)22-24(32)21-14-6-8-15(9-7-14)23(21)31(26(22)33)13-16-4-2-3-5-18(16)27/h2-5,10-12,14-15,21,23,29,32H,6-9,13H2,1H3,(H,28,30)/t14?,15?,21-,23+/m1/s1. The topological polar surface area (TPSA) is 145 Å². The van der Waals surface area contributed by atoms with Gasteiger partial charge in [-0.25, -0.2) is 12.8 Å². The second-order valence-electron chi connectivity index (χ2n) is 10.6. The first kappa shape index (κ1) is 25.8. The first-order chi connectivity index (χ1) is 18.4. The van der Waals surface area contributed by atoms with Crippen molar-refractivity contribution in [3.63, 3.8) is 0 Å². The molecule has 3 aliphatic carbocycles. The average Bonchev–Trinajstić information content (AvgIpc) is 2.87. The number of carbonyl (C=O) groups excluding carboxylic acids is 1. The van der Waals surface area contributed by atoms with Crippen LogP contribution in [0.25, 0.3) is 0 Å². The highest BCUT2D eigenvalue weighted by Gasteiger charge is 2.54. The Hall–Kier alpha value is -3.45. The Morgan fingerprint density at radius 1 is 1.13 bits per heavy atom. The number of aliphatic hydroxyl groups excluding tert-OH is 1. The van der Waals surface area contributed by atoms with Crippen LogP contribution < -0.4 is 10.0 Å². The molecule has 10 nitrogen and oxygen atoms in total. The number of rotatable bonds is 5. The van der Waals surface area contributed by atoms with Crippen LogP contribution in [-0.4, -0.2) is 50.9 Å². The van der Waals surface area contributed by atoms with Gasteiger partial charge in [0.15, 0.2) is 5.84 Å². The highest BCUT2D eigenvalue weighted by atomic mass is 32.2. The molecule has 2 aliphatic heterocycles. The number of benzene rings is 2. The van der Waals surface area contributed by atoms with Crippen LogP contribution in [0.1, 0.15) is 31.2 Å². The van der Waals surface area contributed by atoms with E-state index in [1.165, 1.54) is 18.2 Å². The zero-order valence-corrected chi connectivity index (χ0v) is 22.6. The highest BCUT2D eigenvalue weighted by molar-refractivity contribution is 7.92. The number of hydrogen-bond donors (Lipinski definition) is 3. The quantitative estimate of drug-likeness (QED) is 0.496. The first-order valence-electron chi connectivity index (χ1n) is 12.6. The van der Waals surface area contributed by atoms with Gasteiger partial charge in [0.05, 0.1) is 11.9 Å². The zero-order chi connectivity index (χ0) is 27.7. The van der Waals surface area contributed by atoms with Crippen molar-refractivity contribution in [3.8, 4) is 0 Å². The SMILES string of the molecule is CS(=O)(=O)Nc1ccc2c(c1)S(=O)(=O)N=C(C1=C(O)[C@@H]3C4CCC(CC4)[C@@H]3N(Cc3ccccc3F)C1=O)N2. The van der Waals surface area contributed by atoms with Gasteiger partial charge in [-0.05, 0) is 61.8 Å². The van der Waals surface area contributed by atoms with Crippen molar-refractivity contribution in [2.75, 3.05) is 16.3 Å². The summed E-state index contributed by atoms with van der Waals surface area (Å²) in [7, 11) is -8.03. The number of amidine groups is 1. The van der Waals surface area contributed by atoms with Gasteiger partial charge in [-0.15, -0.1) is 4.40 Å². The average molecular weight is 575 g/mol. The van der Waals surface area contributed by atoms with Gasteiger partial charge in [0.2, 0.25) is 10.0 Å². The summed E-state index contributed by atoms with van der Waals surface area (Å²) < 4.78 is 70.3. The van der Waals surface area contributed by atoms with E-state index in [1.54, 1.807) is 23.1 Å². The number of halogens is 1. The van der Waals surface area contributed by atoms with Gasteiger partial charge in [0, 0.05) is 29.8 Å². The molecule has 2 atom stereocenters. The van der Waals surface area contributed by atoms with E-state index in [0.29, 0.717) is 5.56 Å². The fraction of sp³-hybridized carbons (Fsp3) is 0.385. The van der Waals surface area contributed by atoms with Gasteiger partial charge in [0.25, 0.3) is 15.9 Å². The van der Waals surface area contributed by atoms with Gasteiger partial charge < -0.3 is 15.3 Å². The normalized spacial score (nSPS) is 27.4. The Kier molecular flexibility index (Phi) is 5.99. The molecule has 3 N–H and O–H groups in total. The minimum absolute atomic E-state index is 0.0240. The maximum absolute atomic E-state index is 14.7. The van der Waals surface area contributed by atoms with Crippen molar-refractivity contribution >= 4 is 43.2 Å². The second-order valence-corrected chi connectivity index (χ2v) is 13.9. The third-order valence-electron chi connectivity index (χ3n) is 8.14. The summed E-state index contributed by atoms with van der Waals surface area (Å²) in [5, 5.41) is 14.4. The third kappa shape index (κ3) is 4.46. The number of nitrogens with zero attached hydrogens (tertiary/aromatic N) is 2. The maximum atomic E-state index is 14.7. The monoisotopic (exact) mass is 574 g/mol. The highest BCUT2D eigenvalue weighted by Crippen LogP contribution is 2.52. The minimum atomic E-state index is -4.37. The van der Waals surface area contributed by atoms with E-state index in [4.69, 9.17) is 0 Å². The summed E-state index contributed by atoms with van der Waals surface area (Å²) >= 11 is 0.